The maximum Gasteiger partial charge on any atom is 0.224 e. The molecule has 0 aliphatic carbocycles. The molecule has 0 aromatic heterocycles. The Morgan fingerprint density at radius 3 is 2.76 bits per heavy atom. The number of ether oxygens (including phenoxy) is 1. The number of para-hydroxylation sites is 1. The fourth-order valence-corrected chi connectivity index (χ4v) is 2.59. The van der Waals surface area contributed by atoms with Crippen LogP contribution in [0.4, 0.5) is 0 Å². The van der Waals surface area contributed by atoms with Crippen molar-refractivity contribution in [1.82, 2.24) is 5.32 Å². The molecule has 0 spiro atoms. The summed E-state index contributed by atoms with van der Waals surface area (Å²) in [5, 5.41) is 2.94. The summed E-state index contributed by atoms with van der Waals surface area (Å²) in [6, 6.07) is 15.6. The first kappa shape index (κ1) is 15.6. The van der Waals surface area contributed by atoms with Crippen LogP contribution in [0.1, 0.15) is 11.1 Å². The van der Waals surface area contributed by atoms with Gasteiger partial charge in [-0.05, 0) is 35.7 Å². The van der Waals surface area contributed by atoms with Crippen LogP contribution in [0, 0.1) is 0 Å². The molecule has 3 nitrogen and oxygen atoms in total. The van der Waals surface area contributed by atoms with Gasteiger partial charge in [-0.25, -0.2) is 0 Å². The highest BCUT2D eigenvalue weighted by atomic mass is 79.9. The second-order valence-corrected chi connectivity index (χ2v) is 5.63. The number of hydrogen-bond acceptors (Lipinski definition) is 2. The summed E-state index contributed by atoms with van der Waals surface area (Å²) in [6.07, 6.45) is 1.15. The molecule has 0 atom stereocenters. The van der Waals surface area contributed by atoms with Gasteiger partial charge < -0.3 is 10.1 Å². The molecule has 0 bridgehead atoms. The van der Waals surface area contributed by atoms with E-state index in [1.165, 1.54) is 0 Å². The zero-order chi connectivity index (χ0) is 15.1. The van der Waals surface area contributed by atoms with Gasteiger partial charge in [0.05, 0.1) is 13.5 Å². The van der Waals surface area contributed by atoms with Gasteiger partial charge in [0, 0.05) is 11.0 Å². The largest absolute Gasteiger partial charge is 0.496 e. The number of carbonyl (C=O) groups is 1. The van der Waals surface area contributed by atoms with Gasteiger partial charge >= 0.3 is 0 Å². The molecular weight excluding hydrogens is 330 g/mol. The molecule has 0 saturated heterocycles. The minimum atomic E-state index is 0.0306. The summed E-state index contributed by atoms with van der Waals surface area (Å²) in [5.74, 6) is 0.890. The van der Waals surface area contributed by atoms with Crippen molar-refractivity contribution in [2.75, 3.05) is 13.7 Å². The van der Waals surface area contributed by atoms with E-state index in [0.717, 1.165) is 27.8 Å². The van der Waals surface area contributed by atoms with Crippen molar-refractivity contribution >= 4 is 21.8 Å². The van der Waals surface area contributed by atoms with Crippen LogP contribution < -0.4 is 10.1 Å². The van der Waals surface area contributed by atoms with Crippen LogP contribution in [-0.4, -0.2) is 19.6 Å². The molecule has 0 radical (unpaired) electrons. The fourth-order valence-electron chi connectivity index (χ4n) is 2.14. The lowest BCUT2D eigenvalue weighted by atomic mass is 10.1. The van der Waals surface area contributed by atoms with E-state index in [0.29, 0.717) is 13.0 Å². The van der Waals surface area contributed by atoms with Crippen LogP contribution >= 0.6 is 15.9 Å². The van der Waals surface area contributed by atoms with E-state index in [-0.39, 0.29) is 5.91 Å². The van der Waals surface area contributed by atoms with Crippen molar-refractivity contribution in [3.05, 3.63) is 64.1 Å². The first-order chi connectivity index (χ1) is 10.2. The second kappa shape index (κ2) is 7.84. The van der Waals surface area contributed by atoms with E-state index in [1.54, 1.807) is 7.11 Å². The summed E-state index contributed by atoms with van der Waals surface area (Å²) in [5.41, 5.74) is 2.10. The van der Waals surface area contributed by atoms with Crippen LogP contribution in [0.25, 0.3) is 0 Å². The molecule has 2 aromatic carbocycles. The highest BCUT2D eigenvalue weighted by Crippen LogP contribution is 2.17. The SMILES string of the molecule is COc1ccccc1CCNC(=O)Cc1cccc(Br)c1. The minimum Gasteiger partial charge on any atom is -0.496 e. The van der Waals surface area contributed by atoms with Crippen LogP contribution in [0.2, 0.25) is 0 Å². The maximum absolute atomic E-state index is 11.9. The molecule has 2 rings (SSSR count). The predicted octanol–water partition coefficient (Wildman–Crippen LogP) is 3.36. The molecule has 0 heterocycles. The van der Waals surface area contributed by atoms with Gasteiger partial charge in [0.2, 0.25) is 5.91 Å². The van der Waals surface area contributed by atoms with E-state index >= 15 is 0 Å². The Hall–Kier alpha value is -1.81. The number of benzene rings is 2. The first-order valence-electron chi connectivity index (χ1n) is 6.82. The summed E-state index contributed by atoms with van der Waals surface area (Å²) in [6.45, 7) is 0.604. The summed E-state index contributed by atoms with van der Waals surface area (Å²) in [7, 11) is 1.66. The van der Waals surface area contributed by atoms with Crippen molar-refractivity contribution in [2.24, 2.45) is 0 Å². The highest BCUT2D eigenvalue weighted by molar-refractivity contribution is 9.10. The molecule has 1 amide bonds. The Bertz CT molecular complexity index is 613. The molecule has 21 heavy (non-hydrogen) atoms. The van der Waals surface area contributed by atoms with E-state index in [1.807, 2.05) is 48.5 Å². The van der Waals surface area contributed by atoms with E-state index in [9.17, 15) is 4.79 Å². The third-order valence-electron chi connectivity index (χ3n) is 3.16. The number of hydrogen-bond donors (Lipinski definition) is 1. The molecular formula is C17H18BrNO2. The fraction of sp³-hybridized carbons (Fsp3) is 0.235. The summed E-state index contributed by atoms with van der Waals surface area (Å²) in [4.78, 5) is 11.9. The zero-order valence-corrected chi connectivity index (χ0v) is 13.5. The third-order valence-corrected chi connectivity index (χ3v) is 3.66. The van der Waals surface area contributed by atoms with Gasteiger partial charge in [-0.2, -0.15) is 0 Å². The highest BCUT2D eigenvalue weighted by Gasteiger charge is 2.05. The number of amides is 1. The van der Waals surface area contributed by atoms with Gasteiger partial charge in [-0.1, -0.05) is 46.3 Å². The lowest BCUT2D eigenvalue weighted by Gasteiger charge is -2.09. The summed E-state index contributed by atoms with van der Waals surface area (Å²) < 4.78 is 6.28. The monoisotopic (exact) mass is 347 g/mol. The van der Waals surface area contributed by atoms with Crippen molar-refractivity contribution in [3.8, 4) is 5.75 Å². The minimum absolute atomic E-state index is 0.0306. The molecule has 1 N–H and O–H groups in total. The van der Waals surface area contributed by atoms with Crippen LogP contribution in [-0.2, 0) is 17.6 Å². The number of nitrogens with one attached hydrogen (secondary N) is 1. The standard InChI is InChI=1S/C17H18BrNO2/c1-21-16-8-3-2-6-14(16)9-10-19-17(20)12-13-5-4-7-15(18)11-13/h2-8,11H,9-10,12H2,1H3,(H,19,20). The Kier molecular flexibility index (Phi) is 5.81. The zero-order valence-electron chi connectivity index (χ0n) is 11.9. The lowest BCUT2D eigenvalue weighted by Crippen LogP contribution is -2.27. The number of rotatable bonds is 6. The van der Waals surface area contributed by atoms with Crippen molar-refractivity contribution in [1.29, 1.82) is 0 Å². The van der Waals surface area contributed by atoms with Gasteiger partial charge in [-0.15, -0.1) is 0 Å². The Morgan fingerprint density at radius 2 is 2.00 bits per heavy atom. The molecule has 0 unspecified atom stereocenters. The molecule has 0 aliphatic heterocycles. The van der Waals surface area contributed by atoms with Crippen molar-refractivity contribution < 1.29 is 9.53 Å². The van der Waals surface area contributed by atoms with Crippen molar-refractivity contribution in [2.45, 2.75) is 12.8 Å². The number of carbonyl (C=O) groups excluding carboxylic acids is 1. The predicted molar refractivity (Wildman–Crippen MR) is 87.6 cm³/mol. The van der Waals surface area contributed by atoms with Gasteiger partial charge in [-0.3, -0.25) is 4.79 Å². The Balaban J connectivity index is 1.82. The first-order valence-corrected chi connectivity index (χ1v) is 7.61. The van der Waals surface area contributed by atoms with Crippen LogP contribution in [0.15, 0.2) is 53.0 Å². The normalized spacial score (nSPS) is 10.2. The third kappa shape index (κ3) is 4.90. The van der Waals surface area contributed by atoms with E-state index in [4.69, 9.17) is 4.74 Å². The van der Waals surface area contributed by atoms with E-state index < -0.39 is 0 Å². The van der Waals surface area contributed by atoms with Crippen LogP contribution in [0.3, 0.4) is 0 Å². The van der Waals surface area contributed by atoms with Crippen LogP contribution in [0.5, 0.6) is 5.75 Å². The van der Waals surface area contributed by atoms with Gasteiger partial charge in [0.1, 0.15) is 5.75 Å². The second-order valence-electron chi connectivity index (χ2n) is 4.72. The molecule has 0 fully saturated rings. The molecule has 0 aliphatic rings. The summed E-state index contributed by atoms with van der Waals surface area (Å²) >= 11 is 3.41. The topological polar surface area (TPSA) is 38.3 Å². The van der Waals surface area contributed by atoms with Gasteiger partial charge in [0.15, 0.2) is 0 Å². The number of methoxy groups -OCH3 is 1. The maximum atomic E-state index is 11.9. The van der Waals surface area contributed by atoms with E-state index in [2.05, 4.69) is 21.2 Å². The average Bonchev–Trinajstić information content (AvgIpc) is 2.47. The van der Waals surface area contributed by atoms with Crippen molar-refractivity contribution in [3.63, 3.8) is 0 Å². The molecule has 110 valence electrons. The smallest absolute Gasteiger partial charge is 0.224 e. The molecule has 2 aromatic rings. The molecule has 0 saturated carbocycles. The Morgan fingerprint density at radius 1 is 1.19 bits per heavy atom. The Labute approximate surface area is 133 Å². The number of halogens is 1. The average molecular weight is 348 g/mol. The molecule has 4 heteroatoms. The lowest BCUT2D eigenvalue weighted by molar-refractivity contribution is -0.120. The quantitative estimate of drug-likeness (QED) is 0.869. The van der Waals surface area contributed by atoms with Gasteiger partial charge in [0.25, 0.3) is 0 Å².